The maximum atomic E-state index is 11.9. The van der Waals surface area contributed by atoms with Crippen LogP contribution in [-0.2, 0) is 29.1 Å². The van der Waals surface area contributed by atoms with Crippen LogP contribution in [0.1, 0.15) is 37.9 Å². The minimum absolute atomic E-state index is 0.196. The summed E-state index contributed by atoms with van der Waals surface area (Å²) in [5.74, 6) is 0.429. The van der Waals surface area contributed by atoms with E-state index in [0.717, 1.165) is 46.0 Å². The molecule has 0 fully saturated rings. The molecule has 0 unspecified atom stereocenters. The molecule has 148 valence electrons. The van der Waals surface area contributed by atoms with E-state index in [1.165, 1.54) is 0 Å². The average molecular weight is 445 g/mol. The van der Waals surface area contributed by atoms with Crippen LogP contribution in [0.2, 0.25) is 0 Å². The van der Waals surface area contributed by atoms with Gasteiger partial charge in [0, 0.05) is 22.0 Å². The van der Waals surface area contributed by atoms with E-state index in [0.29, 0.717) is 19.0 Å². The third-order valence-corrected chi connectivity index (χ3v) is 4.98. The van der Waals surface area contributed by atoms with Gasteiger partial charge in [-0.3, -0.25) is 9.48 Å². The molecule has 0 saturated heterocycles. The molecule has 2 aromatic carbocycles. The average Bonchev–Trinajstić information content (AvgIpc) is 3.02. The van der Waals surface area contributed by atoms with Crippen LogP contribution < -0.4 is 4.74 Å². The number of aromatic nitrogens is 2. The molecule has 1 heterocycles. The van der Waals surface area contributed by atoms with Crippen LogP contribution in [0.4, 0.5) is 0 Å². The van der Waals surface area contributed by atoms with Crippen molar-refractivity contribution in [2.24, 2.45) is 0 Å². The molecule has 6 heteroatoms. The Hall–Kier alpha value is -2.34. The number of nitrogens with zero attached hydrogens (tertiary/aromatic N) is 2. The largest absolute Gasteiger partial charge is 0.487 e. The molecule has 0 atom stereocenters. The van der Waals surface area contributed by atoms with Gasteiger partial charge in [0.2, 0.25) is 0 Å². The molecule has 0 aliphatic rings. The first-order valence-corrected chi connectivity index (χ1v) is 10.4. The quantitative estimate of drug-likeness (QED) is 0.421. The van der Waals surface area contributed by atoms with E-state index in [1.807, 2.05) is 30.3 Å². The van der Waals surface area contributed by atoms with Crippen molar-refractivity contribution in [3.05, 3.63) is 58.2 Å². The number of unbranched alkanes of at least 4 members (excludes halogenated alkanes) is 1. The van der Waals surface area contributed by atoms with E-state index in [9.17, 15) is 4.79 Å². The number of fused-ring (bicyclic) bond motifs is 1. The molecule has 5 nitrogen and oxygen atoms in total. The summed E-state index contributed by atoms with van der Waals surface area (Å²) in [6, 6.07) is 13.8. The second kappa shape index (κ2) is 9.73. The highest BCUT2D eigenvalue weighted by molar-refractivity contribution is 9.10. The number of aryl methyl sites for hydroxylation is 1. The fraction of sp³-hybridized carbons (Fsp3) is 0.364. The highest BCUT2D eigenvalue weighted by Gasteiger charge is 2.14. The number of halogens is 1. The van der Waals surface area contributed by atoms with Crippen LogP contribution in [0.5, 0.6) is 5.75 Å². The standard InChI is InChI=1S/C22H25BrN2O3/c1-3-5-12-25-20-11-10-17(23)14-18(20)19(24-25)15-28-21-9-7-6-8-16(21)13-22(26)27-4-2/h6-11,14H,3-5,12-13,15H2,1-2H3. The zero-order valence-corrected chi connectivity index (χ0v) is 17.9. The summed E-state index contributed by atoms with van der Waals surface area (Å²) in [4.78, 5) is 11.9. The SMILES string of the molecule is CCCCn1nc(COc2ccccc2CC(=O)OCC)c2cc(Br)ccc21. The highest BCUT2D eigenvalue weighted by Crippen LogP contribution is 2.26. The number of rotatable bonds is 9. The molecule has 0 spiro atoms. The summed E-state index contributed by atoms with van der Waals surface area (Å²) in [5.41, 5.74) is 2.81. The molecule has 0 aliphatic heterocycles. The number of hydrogen-bond donors (Lipinski definition) is 0. The zero-order valence-electron chi connectivity index (χ0n) is 16.3. The van der Waals surface area contributed by atoms with Gasteiger partial charge in [0.15, 0.2) is 0 Å². The van der Waals surface area contributed by atoms with Crippen molar-refractivity contribution in [3.63, 3.8) is 0 Å². The van der Waals surface area contributed by atoms with Crippen molar-refractivity contribution < 1.29 is 14.3 Å². The summed E-state index contributed by atoms with van der Waals surface area (Å²) in [6.07, 6.45) is 2.39. The summed E-state index contributed by atoms with van der Waals surface area (Å²) in [6.45, 7) is 5.57. The van der Waals surface area contributed by atoms with Gasteiger partial charge in [0.25, 0.3) is 0 Å². The molecule has 3 rings (SSSR count). The summed E-state index contributed by atoms with van der Waals surface area (Å²) in [7, 11) is 0. The monoisotopic (exact) mass is 444 g/mol. The lowest BCUT2D eigenvalue weighted by atomic mass is 10.1. The molecule has 0 N–H and O–H groups in total. The van der Waals surface area contributed by atoms with Gasteiger partial charge in [0.1, 0.15) is 18.1 Å². The Morgan fingerprint density at radius 2 is 2.00 bits per heavy atom. The van der Waals surface area contributed by atoms with Crippen molar-refractivity contribution in [1.82, 2.24) is 9.78 Å². The maximum Gasteiger partial charge on any atom is 0.310 e. The molecule has 0 radical (unpaired) electrons. The van der Waals surface area contributed by atoms with Crippen LogP contribution >= 0.6 is 15.9 Å². The lowest BCUT2D eigenvalue weighted by molar-refractivity contribution is -0.142. The molecule has 0 saturated carbocycles. The van der Waals surface area contributed by atoms with Gasteiger partial charge in [-0.15, -0.1) is 0 Å². The van der Waals surface area contributed by atoms with Crippen molar-refractivity contribution in [2.75, 3.05) is 6.61 Å². The molecular formula is C22H25BrN2O3. The van der Waals surface area contributed by atoms with Crippen LogP contribution in [-0.4, -0.2) is 22.4 Å². The molecule has 0 aliphatic carbocycles. The molecule has 1 aromatic heterocycles. The highest BCUT2D eigenvalue weighted by atomic mass is 79.9. The van der Waals surface area contributed by atoms with Crippen molar-refractivity contribution in [2.45, 2.75) is 46.3 Å². The van der Waals surface area contributed by atoms with Gasteiger partial charge in [-0.25, -0.2) is 0 Å². The number of esters is 1. The third-order valence-electron chi connectivity index (χ3n) is 4.49. The van der Waals surface area contributed by atoms with Crippen molar-refractivity contribution >= 4 is 32.8 Å². The van der Waals surface area contributed by atoms with Gasteiger partial charge in [-0.05, 0) is 37.6 Å². The summed E-state index contributed by atoms with van der Waals surface area (Å²) < 4.78 is 14.2. The normalized spacial score (nSPS) is 11.0. The van der Waals surface area contributed by atoms with E-state index in [4.69, 9.17) is 14.6 Å². The van der Waals surface area contributed by atoms with E-state index in [-0.39, 0.29) is 12.4 Å². The van der Waals surface area contributed by atoms with Crippen LogP contribution in [0.3, 0.4) is 0 Å². The number of benzene rings is 2. The lowest BCUT2D eigenvalue weighted by Crippen LogP contribution is -2.09. The second-order valence-corrected chi connectivity index (χ2v) is 7.48. The van der Waals surface area contributed by atoms with Gasteiger partial charge in [-0.1, -0.05) is 47.5 Å². The molecular weight excluding hydrogens is 420 g/mol. The van der Waals surface area contributed by atoms with Crippen LogP contribution in [0.25, 0.3) is 10.9 Å². The first-order chi connectivity index (χ1) is 13.6. The van der Waals surface area contributed by atoms with Gasteiger partial charge < -0.3 is 9.47 Å². The van der Waals surface area contributed by atoms with E-state index < -0.39 is 0 Å². The van der Waals surface area contributed by atoms with E-state index in [2.05, 4.69) is 39.7 Å². The fourth-order valence-electron chi connectivity index (χ4n) is 3.11. The molecule has 0 bridgehead atoms. The minimum atomic E-state index is -0.253. The Morgan fingerprint density at radius 3 is 2.79 bits per heavy atom. The Morgan fingerprint density at radius 1 is 1.18 bits per heavy atom. The Kier molecular flexibility index (Phi) is 7.09. The van der Waals surface area contributed by atoms with Gasteiger partial charge in [0.05, 0.1) is 18.5 Å². The second-order valence-electron chi connectivity index (χ2n) is 6.56. The zero-order chi connectivity index (χ0) is 19.9. The first kappa shape index (κ1) is 20.4. The fourth-order valence-corrected chi connectivity index (χ4v) is 3.47. The number of carbonyl (C=O) groups excluding carboxylic acids is 1. The number of hydrogen-bond acceptors (Lipinski definition) is 4. The molecule has 3 aromatic rings. The predicted octanol–water partition coefficient (Wildman–Crippen LogP) is 5.28. The first-order valence-electron chi connectivity index (χ1n) is 9.63. The Balaban J connectivity index is 1.82. The molecule has 28 heavy (non-hydrogen) atoms. The lowest BCUT2D eigenvalue weighted by Gasteiger charge is -2.10. The maximum absolute atomic E-state index is 11.9. The minimum Gasteiger partial charge on any atom is -0.487 e. The molecule has 0 amide bonds. The number of para-hydroxylation sites is 1. The number of carbonyl (C=O) groups is 1. The van der Waals surface area contributed by atoms with Crippen LogP contribution in [0.15, 0.2) is 46.9 Å². The summed E-state index contributed by atoms with van der Waals surface area (Å²) >= 11 is 3.55. The van der Waals surface area contributed by atoms with E-state index >= 15 is 0 Å². The van der Waals surface area contributed by atoms with Crippen LogP contribution in [0, 0.1) is 0 Å². The topological polar surface area (TPSA) is 53.4 Å². The Bertz CT molecular complexity index is 952. The Labute approximate surface area is 173 Å². The third kappa shape index (κ3) is 4.93. The van der Waals surface area contributed by atoms with Gasteiger partial charge >= 0.3 is 5.97 Å². The van der Waals surface area contributed by atoms with E-state index in [1.54, 1.807) is 6.92 Å². The number of ether oxygens (including phenoxy) is 2. The summed E-state index contributed by atoms with van der Waals surface area (Å²) in [5, 5.41) is 5.86. The van der Waals surface area contributed by atoms with Crippen molar-refractivity contribution in [3.8, 4) is 5.75 Å². The predicted molar refractivity (Wildman–Crippen MR) is 113 cm³/mol. The van der Waals surface area contributed by atoms with Crippen molar-refractivity contribution in [1.29, 1.82) is 0 Å². The smallest absolute Gasteiger partial charge is 0.310 e. The van der Waals surface area contributed by atoms with Gasteiger partial charge in [-0.2, -0.15) is 5.10 Å².